The number of hydrogen-bond acceptors (Lipinski definition) is 4. The second kappa shape index (κ2) is 10.1. The number of rotatable bonds is 8. The maximum atomic E-state index is 13.3. The van der Waals surface area contributed by atoms with Gasteiger partial charge in [-0.15, -0.1) is 0 Å². The summed E-state index contributed by atoms with van der Waals surface area (Å²) in [6, 6.07) is 23.8. The molecule has 1 atom stereocenters. The molecule has 5 rings (SSSR count). The van der Waals surface area contributed by atoms with Crippen molar-refractivity contribution in [1.82, 2.24) is 15.1 Å². The number of phenols is 1. The monoisotopic (exact) mass is 477 g/mol. The fraction of sp³-hybridized carbons (Fsp3) is 0.207. The van der Waals surface area contributed by atoms with Crippen LogP contribution in [0.2, 0.25) is 0 Å². The van der Waals surface area contributed by atoms with Gasteiger partial charge in [-0.2, -0.15) is 5.10 Å². The summed E-state index contributed by atoms with van der Waals surface area (Å²) in [6.07, 6.45) is 2.49. The van der Waals surface area contributed by atoms with Gasteiger partial charge < -0.3 is 15.7 Å². The van der Waals surface area contributed by atoms with Gasteiger partial charge in [0.2, 0.25) is 0 Å². The molecular weight excluding hydrogens is 450 g/mol. The second-order valence-corrected chi connectivity index (χ2v) is 9.17. The quantitative estimate of drug-likeness (QED) is 0.281. The van der Waals surface area contributed by atoms with Crippen molar-refractivity contribution in [1.29, 1.82) is 0 Å². The summed E-state index contributed by atoms with van der Waals surface area (Å²) >= 11 is 0. The lowest BCUT2D eigenvalue weighted by Crippen LogP contribution is -2.25. The van der Waals surface area contributed by atoms with Gasteiger partial charge in [-0.1, -0.05) is 36.4 Å². The van der Waals surface area contributed by atoms with Crippen LogP contribution in [0.1, 0.15) is 46.2 Å². The molecule has 1 unspecified atom stereocenters. The molecule has 1 aliphatic carbocycles. The average molecular weight is 478 g/mol. The molecule has 1 fully saturated rings. The molecule has 0 spiro atoms. The predicted molar refractivity (Wildman–Crippen MR) is 140 cm³/mol. The number of benzene rings is 3. The summed E-state index contributed by atoms with van der Waals surface area (Å²) in [4.78, 5) is 16.8. The highest BCUT2D eigenvalue weighted by molar-refractivity contribution is 6.03. The molecule has 4 aromatic rings. The fourth-order valence-corrected chi connectivity index (χ4v) is 4.24. The Balaban J connectivity index is 1.41. The molecule has 0 saturated heterocycles. The second-order valence-electron chi connectivity index (χ2n) is 9.17. The summed E-state index contributed by atoms with van der Waals surface area (Å²) < 4.78 is 1.57. The van der Waals surface area contributed by atoms with Crippen molar-refractivity contribution in [3.63, 3.8) is 0 Å². The zero-order chi connectivity index (χ0) is 25.1. The van der Waals surface area contributed by atoms with Crippen LogP contribution >= 0.6 is 0 Å². The molecule has 0 aliphatic heterocycles. The first-order chi connectivity index (χ1) is 17.5. The Kier molecular flexibility index (Phi) is 6.52. The Morgan fingerprint density at radius 2 is 1.86 bits per heavy atom. The number of carbonyl (C=O) groups is 1. The number of aromatic hydroxyl groups is 1. The standard InChI is InChI=1S/C29H27N5O2/c1-19-15-27(34(33-19)25-8-4-6-23(17-25)30-2)29(36)32-24-7-3-5-22(16-24)28(31-18-20-9-10-20)21-11-13-26(35)14-12-21/h3-8,11-17,20,28,31,35H,9-10,18H2,1H3,(H,32,36). The Bertz CT molecular complexity index is 1430. The van der Waals surface area contributed by atoms with E-state index < -0.39 is 0 Å². The van der Waals surface area contributed by atoms with Gasteiger partial charge in [0, 0.05) is 5.69 Å². The summed E-state index contributed by atoms with van der Waals surface area (Å²) in [7, 11) is 0. The van der Waals surface area contributed by atoms with Gasteiger partial charge in [-0.3, -0.25) is 4.79 Å². The maximum Gasteiger partial charge on any atom is 0.274 e. The molecule has 0 bridgehead atoms. The van der Waals surface area contributed by atoms with Gasteiger partial charge in [-0.05, 0) is 85.8 Å². The molecule has 3 aromatic carbocycles. The van der Waals surface area contributed by atoms with Crippen LogP contribution in [0.25, 0.3) is 10.5 Å². The van der Waals surface area contributed by atoms with E-state index in [2.05, 4.69) is 20.6 Å². The number of nitrogens with zero attached hydrogens (tertiary/aromatic N) is 3. The van der Waals surface area contributed by atoms with Gasteiger partial charge in [0.1, 0.15) is 11.4 Å². The van der Waals surface area contributed by atoms with Gasteiger partial charge in [0.05, 0.1) is 24.0 Å². The largest absolute Gasteiger partial charge is 0.508 e. The first-order valence-electron chi connectivity index (χ1n) is 12.0. The molecule has 7 heteroatoms. The number of anilines is 1. The summed E-state index contributed by atoms with van der Waals surface area (Å²) in [6.45, 7) is 10.0. The predicted octanol–water partition coefficient (Wildman–Crippen LogP) is 5.78. The van der Waals surface area contributed by atoms with E-state index in [1.807, 2.05) is 49.4 Å². The molecule has 1 aliphatic rings. The molecule has 0 radical (unpaired) electrons. The van der Waals surface area contributed by atoms with Crippen LogP contribution in [0.5, 0.6) is 5.75 Å². The lowest BCUT2D eigenvalue weighted by atomic mass is 9.97. The molecule has 1 saturated carbocycles. The highest BCUT2D eigenvalue weighted by atomic mass is 16.3. The Morgan fingerprint density at radius 3 is 2.61 bits per heavy atom. The number of aromatic nitrogens is 2. The van der Waals surface area contributed by atoms with Crippen LogP contribution < -0.4 is 10.6 Å². The van der Waals surface area contributed by atoms with Crippen molar-refractivity contribution in [3.05, 3.63) is 113 Å². The highest BCUT2D eigenvalue weighted by Crippen LogP contribution is 2.31. The van der Waals surface area contributed by atoms with E-state index in [1.54, 1.807) is 41.1 Å². The van der Waals surface area contributed by atoms with E-state index in [0.29, 0.717) is 34.4 Å². The van der Waals surface area contributed by atoms with Crippen molar-refractivity contribution in [3.8, 4) is 11.4 Å². The number of amides is 1. The molecule has 7 nitrogen and oxygen atoms in total. The summed E-state index contributed by atoms with van der Waals surface area (Å²) in [5.74, 6) is 0.653. The van der Waals surface area contributed by atoms with E-state index in [9.17, 15) is 9.90 Å². The van der Waals surface area contributed by atoms with Crippen molar-refractivity contribution in [2.24, 2.45) is 5.92 Å². The minimum Gasteiger partial charge on any atom is -0.508 e. The molecule has 3 N–H and O–H groups in total. The van der Waals surface area contributed by atoms with Gasteiger partial charge in [0.25, 0.3) is 5.91 Å². The summed E-state index contributed by atoms with van der Waals surface area (Å²) in [5.41, 5.74) is 4.99. The highest BCUT2D eigenvalue weighted by Gasteiger charge is 2.24. The lowest BCUT2D eigenvalue weighted by molar-refractivity contribution is 0.101. The van der Waals surface area contributed by atoms with E-state index in [1.165, 1.54) is 12.8 Å². The number of carbonyl (C=O) groups excluding carboxylic acids is 1. The van der Waals surface area contributed by atoms with Crippen molar-refractivity contribution < 1.29 is 9.90 Å². The zero-order valence-corrected chi connectivity index (χ0v) is 20.0. The van der Waals surface area contributed by atoms with E-state index in [4.69, 9.17) is 6.57 Å². The van der Waals surface area contributed by atoms with Crippen LogP contribution in [0.4, 0.5) is 11.4 Å². The first-order valence-corrected chi connectivity index (χ1v) is 12.0. The van der Waals surface area contributed by atoms with Crippen LogP contribution in [0.15, 0.2) is 78.9 Å². The third-order valence-electron chi connectivity index (χ3n) is 6.28. The van der Waals surface area contributed by atoms with E-state index in [0.717, 1.165) is 17.7 Å². The first kappa shape index (κ1) is 23.3. The van der Waals surface area contributed by atoms with Crippen LogP contribution in [0.3, 0.4) is 0 Å². The SMILES string of the molecule is [C-]#[N+]c1cccc(-n2nc(C)cc2C(=O)Nc2cccc(C(NCC3CC3)c3ccc(O)cc3)c2)c1. The minimum absolute atomic E-state index is 0.0628. The Labute approximate surface area is 210 Å². The molecule has 36 heavy (non-hydrogen) atoms. The third kappa shape index (κ3) is 5.29. The Morgan fingerprint density at radius 1 is 1.08 bits per heavy atom. The maximum absolute atomic E-state index is 13.3. The van der Waals surface area contributed by atoms with Crippen LogP contribution in [-0.2, 0) is 0 Å². The van der Waals surface area contributed by atoms with E-state index >= 15 is 0 Å². The lowest BCUT2D eigenvalue weighted by Gasteiger charge is -2.21. The topological polar surface area (TPSA) is 83.5 Å². The van der Waals surface area contributed by atoms with E-state index in [-0.39, 0.29) is 17.7 Å². The zero-order valence-electron chi connectivity index (χ0n) is 20.0. The average Bonchev–Trinajstić information content (AvgIpc) is 3.64. The molecule has 1 heterocycles. The smallest absolute Gasteiger partial charge is 0.274 e. The molecule has 180 valence electrons. The number of aryl methyl sites for hydroxylation is 1. The molecular formula is C29H27N5O2. The van der Waals surface area contributed by atoms with Gasteiger partial charge in [0.15, 0.2) is 5.69 Å². The summed E-state index contributed by atoms with van der Waals surface area (Å²) in [5, 5.41) is 20.9. The molecule has 1 amide bonds. The third-order valence-corrected chi connectivity index (χ3v) is 6.28. The van der Waals surface area contributed by atoms with Crippen molar-refractivity contribution in [2.75, 3.05) is 11.9 Å². The minimum atomic E-state index is -0.284. The van der Waals surface area contributed by atoms with Gasteiger partial charge >= 0.3 is 0 Å². The molecule has 1 aromatic heterocycles. The van der Waals surface area contributed by atoms with Crippen LogP contribution in [0, 0.1) is 19.4 Å². The number of nitrogens with one attached hydrogen (secondary N) is 2. The fourth-order valence-electron chi connectivity index (χ4n) is 4.24. The van der Waals surface area contributed by atoms with Crippen molar-refractivity contribution in [2.45, 2.75) is 25.8 Å². The number of phenolic OH excluding ortho intramolecular Hbond substituents is 1. The number of hydrogen-bond donors (Lipinski definition) is 3. The normalized spacial score (nSPS) is 13.7. The van der Waals surface area contributed by atoms with Crippen LogP contribution in [-0.4, -0.2) is 27.3 Å². The van der Waals surface area contributed by atoms with Crippen molar-refractivity contribution >= 4 is 17.3 Å². The Hall–Kier alpha value is -4.41. The van der Waals surface area contributed by atoms with Gasteiger partial charge in [-0.25, -0.2) is 9.53 Å².